The standard InChI is InChI=1S/C26H29BrN4O7/c1-37-17-12-15(11-16(27)21(17)38-2)20-18-19(26(30-20,24(34)35)9-6-10-29-25(28)36)23(33)31(22(18)32)13-14-7-4-3-5-8-14/h3-5,7-8,11-12,18-20,30H,6,9-10,13H2,1-2H3,(H,34,35)(H3,28,29,36). The van der Waals surface area contributed by atoms with Crippen LogP contribution in [-0.2, 0) is 20.9 Å². The van der Waals surface area contributed by atoms with Crippen LogP contribution in [0.15, 0.2) is 46.9 Å². The first kappa shape index (κ1) is 27.4. The molecular formula is C26H29BrN4O7. The molecule has 2 fully saturated rings. The van der Waals surface area contributed by atoms with Gasteiger partial charge in [0.15, 0.2) is 11.5 Å². The normalized spacial score (nSPS) is 24.3. The summed E-state index contributed by atoms with van der Waals surface area (Å²) in [5, 5.41) is 16.1. The maximum atomic E-state index is 13.8. The van der Waals surface area contributed by atoms with E-state index in [-0.39, 0.29) is 25.9 Å². The smallest absolute Gasteiger partial charge is 0.324 e. The molecule has 4 rings (SSSR count). The summed E-state index contributed by atoms with van der Waals surface area (Å²) in [5.74, 6) is -3.58. The largest absolute Gasteiger partial charge is 0.493 e. The lowest BCUT2D eigenvalue weighted by molar-refractivity contribution is -0.152. The molecule has 2 aliphatic rings. The zero-order valence-electron chi connectivity index (χ0n) is 20.9. The Morgan fingerprint density at radius 2 is 1.87 bits per heavy atom. The van der Waals surface area contributed by atoms with Crippen molar-refractivity contribution in [2.24, 2.45) is 17.6 Å². The molecule has 38 heavy (non-hydrogen) atoms. The first-order chi connectivity index (χ1) is 18.1. The van der Waals surface area contributed by atoms with Crippen molar-refractivity contribution in [2.45, 2.75) is 31.0 Å². The third kappa shape index (κ3) is 4.81. The minimum absolute atomic E-state index is 0.0209. The molecule has 0 aromatic heterocycles. The lowest BCUT2D eigenvalue weighted by atomic mass is 9.77. The summed E-state index contributed by atoms with van der Waals surface area (Å²) < 4.78 is 11.4. The van der Waals surface area contributed by atoms with E-state index in [4.69, 9.17) is 15.2 Å². The molecule has 5 N–H and O–H groups in total. The number of rotatable bonds is 10. The Hall–Kier alpha value is -3.64. The fraction of sp³-hybridized carbons (Fsp3) is 0.385. The number of hydrogen-bond donors (Lipinski definition) is 4. The van der Waals surface area contributed by atoms with Gasteiger partial charge in [0.2, 0.25) is 11.8 Å². The number of urea groups is 1. The van der Waals surface area contributed by atoms with Crippen molar-refractivity contribution in [1.82, 2.24) is 15.5 Å². The maximum absolute atomic E-state index is 13.8. The molecule has 0 spiro atoms. The highest BCUT2D eigenvalue weighted by Gasteiger charge is 2.68. The van der Waals surface area contributed by atoms with Gasteiger partial charge >= 0.3 is 12.0 Å². The fourth-order valence-electron chi connectivity index (χ4n) is 5.50. The topological polar surface area (TPSA) is 160 Å². The number of fused-ring (bicyclic) bond motifs is 1. The third-order valence-corrected chi connectivity index (χ3v) is 7.76. The quantitative estimate of drug-likeness (QED) is 0.242. The Morgan fingerprint density at radius 3 is 2.47 bits per heavy atom. The van der Waals surface area contributed by atoms with Crippen LogP contribution in [-0.4, -0.2) is 60.1 Å². The van der Waals surface area contributed by atoms with E-state index in [0.29, 0.717) is 21.5 Å². The summed E-state index contributed by atoms with van der Waals surface area (Å²) in [6.45, 7) is 0.151. The molecule has 0 radical (unpaired) electrons. The number of methoxy groups -OCH3 is 2. The number of halogens is 1. The highest BCUT2D eigenvalue weighted by atomic mass is 79.9. The Bertz CT molecular complexity index is 1260. The zero-order chi connectivity index (χ0) is 27.6. The van der Waals surface area contributed by atoms with Crippen molar-refractivity contribution in [2.75, 3.05) is 20.8 Å². The van der Waals surface area contributed by atoms with E-state index in [9.17, 15) is 24.3 Å². The highest BCUT2D eigenvalue weighted by Crippen LogP contribution is 2.52. The summed E-state index contributed by atoms with van der Waals surface area (Å²) in [6, 6.07) is 10.9. The SMILES string of the molecule is COc1cc(C2NC(CCCNC(N)=O)(C(=O)O)C3C(=O)N(Cc4ccccc4)C(=O)C23)cc(Br)c1OC. The Balaban J connectivity index is 1.78. The second-order valence-electron chi connectivity index (χ2n) is 9.28. The lowest BCUT2D eigenvalue weighted by Crippen LogP contribution is -2.56. The van der Waals surface area contributed by atoms with Gasteiger partial charge in [-0.15, -0.1) is 0 Å². The van der Waals surface area contributed by atoms with Crippen LogP contribution in [0.25, 0.3) is 0 Å². The van der Waals surface area contributed by atoms with Crippen molar-refractivity contribution in [3.05, 3.63) is 58.1 Å². The molecule has 2 aromatic carbocycles. The number of imide groups is 1. The van der Waals surface area contributed by atoms with E-state index in [1.54, 1.807) is 36.4 Å². The Morgan fingerprint density at radius 1 is 1.16 bits per heavy atom. The molecule has 2 heterocycles. The molecule has 11 nitrogen and oxygen atoms in total. The number of aliphatic carboxylic acids is 1. The monoisotopic (exact) mass is 588 g/mol. The van der Waals surface area contributed by atoms with Gasteiger partial charge in [-0.3, -0.25) is 24.6 Å². The van der Waals surface area contributed by atoms with Crippen LogP contribution in [0.2, 0.25) is 0 Å². The number of nitrogens with one attached hydrogen (secondary N) is 2. The van der Waals surface area contributed by atoms with Crippen molar-refractivity contribution < 1.29 is 33.8 Å². The highest BCUT2D eigenvalue weighted by molar-refractivity contribution is 9.10. The average molecular weight is 589 g/mol. The second kappa shape index (κ2) is 11.0. The summed E-state index contributed by atoms with van der Waals surface area (Å²) in [4.78, 5) is 52.7. The molecule has 2 saturated heterocycles. The van der Waals surface area contributed by atoms with Gasteiger partial charge in [-0.1, -0.05) is 30.3 Å². The Labute approximate surface area is 227 Å². The maximum Gasteiger partial charge on any atom is 0.324 e. The van der Waals surface area contributed by atoms with Gasteiger partial charge in [0.05, 0.1) is 37.1 Å². The molecule has 0 bridgehead atoms. The predicted molar refractivity (Wildman–Crippen MR) is 139 cm³/mol. The third-order valence-electron chi connectivity index (χ3n) is 7.17. The number of carboxylic acid groups (broad SMARTS) is 1. The average Bonchev–Trinajstić information content (AvgIpc) is 3.36. The number of carbonyl (C=O) groups excluding carboxylic acids is 3. The second-order valence-corrected chi connectivity index (χ2v) is 10.1. The van der Waals surface area contributed by atoms with Crippen LogP contribution in [0.1, 0.15) is 30.0 Å². The first-order valence-electron chi connectivity index (χ1n) is 12.0. The van der Waals surface area contributed by atoms with Crippen molar-refractivity contribution >= 4 is 39.7 Å². The molecule has 0 aliphatic carbocycles. The van der Waals surface area contributed by atoms with Crippen molar-refractivity contribution in [3.8, 4) is 11.5 Å². The summed E-state index contributed by atoms with van der Waals surface area (Å²) in [5.41, 5.74) is 4.70. The molecule has 2 aromatic rings. The van der Waals surface area contributed by atoms with Gasteiger partial charge < -0.3 is 25.6 Å². The number of hydrogen-bond acceptors (Lipinski definition) is 7. The summed E-state index contributed by atoms with van der Waals surface area (Å²) in [6.07, 6.45) is 0.195. The van der Waals surface area contributed by atoms with E-state index < -0.39 is 47.2 Å². The van der Waals surface area contributed by atoms with Crippen LogP contribution < -0.4 is 25.8 Å². The Kier molecular flexibility index (Phi) is 7.93. The number of carboxylic acids is 1. The number of amides is 4. The van der Waals surface area contributed by atoms with E-state index in [0.717, 1.165) is 10.5 Å². The van der Waals surface area contributed by atoms with Gasteiger partial charge in [-0.05, 0) is 52.0 Å². The molecule has 4 atom stereocenters. The lowest BCUT2D eigenvalue weighted by Gasteiger charge is -2.31. The molecule has 4 unspecified atom stereocenters. The van der Waals surface area contributed by atoms with Gasteiger partial charge in [-0.2, -0.15) is 0 Å². The van der Waals surface area contributed by atoms with E-state index >= 15 is 0 Å². The van der Waals surface area contributed by atoms with E-state index in [1.165, 1.54) is 14.2 Å². The number of benzene rings is 2. The van der Waals surface area contributed by atoms with Crippen LogP contribution in [0.5, 0.6) is 11.5 Å². The van der Waals surface area contributed by atoms with Crippen LogP contribution in [0, 0.1) is 11.8 Å². The summed E-state index contributed by atoms with van der Waals surface area (Å²) in [7, 11) is 2.96. The molecule has 4 amide bonds. The van der Waals surface area contributed by atoms with Crippen LogP contribution in [0.4, 0.5) is 4.79 Å². The number of likely N-dealkylation sites (tertiary alicyclic amines) is 1. The fourth-order valence-corrected chi connectivity index (χ4v) is 6.12. The zero-order valence-corrected chi connectivity index (χ0v) is 22.5. The molecule has 202 valence electrons. The van der Waals surface area contributed by atoms with Crippen molar-refractivity contribution in [3.63, 3.8) is 0 Å². The van der Waals surface area contributed by atoms with Gasteiger partial charge in [0, 0.05) is 12.6 Å². The van der Waals surface area contributed by atoms with Crippen LogP contribution in [0.3, 0.4) is 0 Å². The summed E-state index contributed by atoms with van der Waals surface area (Å²) >= 11 is 3.46. The first-order valence-corrected chi connectivity index (χ1v) is 12.8. The van der Waals surface area contributed by atoms with Gasteiger partial charge in [0.25, 0.3) is 0 Å². The number of nitrogens with zero attached hydrogens (tertiary/aromatic N) is 1. The van der Waals surface area contributed by atoms with Crippen LogP contribution >= 0.6 is 15.9 Å². The number of nitrogens with two attached hydrogens (primary N) is 1. The van der Waals surface area contributed by atoms with Gasteiger partial charge in [0.1, 0.15) is 5.54 Å². The van der Waals surface area contributed by atoms with E-state index in [1.807, 2.05) is 6.07 Å². The minimum atomic E-state index is -1.76. The number of ether oxygens (including phenoxy) is 2. The number of carbonyl (C=O) groups is 4. The van der Waals surface area contributed by atoms with Crippen molar-refractivity contribution in [1.29, 1.82) is 0 Å². The molecule has 0 saturated carbocycles. The molecule has 2 aliphatic heterocycles. The minimum Gasteiger partial charge on any atom is -0.493 e. The molecular weight excluding hydrogens is 560 g/mol. The van der Waals surface area contributed by atoms with E-state index in [2.05, 4.69) is 26.6 Å². The van der Waals surface area contributed by atoms with Gasteiger partial charge in [-0.25, -0.2) is 4.79 Å². The predicted octanol–water partition coefficient (Wildman–Crippen LogP) is 2.18. The molecule has 12 heteroatoms. The number of primary amides is 1.